The van der Waals surface area contributed by atoms with Crippen LogP contribution in [0.5, 0.6) is 5.75 Å². The first-order valence-corrected chi connectivity index (χ1v) is 12.6. The van der Waals surface area contributed by atoms with Crippen molar-refractivity contribution < 1.29 is 27.4 Å². The lowest BCUT2D eigenvalue weighted by molar-refractivity contribution is -0.274. The molecule has 1 amide bonds. The van der Waals surface area contributed by atoms with E-state index < -0.39 is 6.36 Å². The fourth-order valence-corrected chi connectivity index (χ4v) is 5.40. The molecule has 0 atom stereocenters. The predicted molar refractivity (Wildman–Crippen MR) is 134 cm³/mol. The van der Waals surface area contributed by atoms with E-state index in [-0.39, 0.29) is 23.4 Å². The lowest BCUT2D eigenvalue weighted by atomic mass is 10.1. The summed E-state index contributed by atoms with van der Waals surface area (Å²) in [4.78, 5) is 26.3. The molecule has 1 saturated heterocycles. The van der Waals surface area contributed by atoms with Crippen molar-refractivity contribution in [1.82, 2.24) is 14.9 Å². The molecule has 10 heteroatoms. The average Bonchev–Trinajstić information content (AvgIpc) is 3.36. The van der Waals surface area contributed by atoms with Crippen LogP contribution in [0.1, 0.15) is 33.8 Å². The number of hydrogen-bond acceptors (Lipinski definition) is 6. The molecule has 5 rings (SSSR count). The Morgan fingerprint density at radius 1 is 1.11 bits per heavy atom. The summed E-state index contributed by atoms with van der Waals surface area (Å²) in [5.74, 6) is -0.412. The van der Waals surface area contributed by atoms with Crippen molar-refractivity contribution in [3.05, 3.63) is 76.9 Å². The lowest BCUT2D eigenvalue weighted by Crippen LogP contribution is -2.43. The maximum atomic E-state index is 13.6. The van der Waals surface area contributed by atoms with Gasteiger partial charge in [0.1, 0.15) is 11.4 Å². The molecule has 1 fully saturated rings. The highest BCUT2D eigenvalue weighted by molar-refractivity contribution is 7.15. The minimum atomic E-state index is -4.74. The summed E-state index contributed by atoms with van der Waals surface area (Å²) in [6.45, 7) is 3.13. The molecule has 0 radical (unpaired) electrons. The molecule has 6 nitrogen and oxygen atoms in total. The van der Waals surface area contributed by atoms with Crippen molar-refractivity contribution in [1.29, 1.82) is 0 Å². The van der Waals surface area contributed by atoms with Crippen LogP contribution in [0.4, 0.5) is 13.2 Å². The molecule has 0 spiro atoms. The highest BCUT2D eigenvalue weighted by Crippen LogP contribution is 2.34. The van der Waals surface area contributed by atoms with E-state index in [4.69, 9.17) is 4.74 Å². The lowest BCUT2D eigenvalue weighted by Gasteiger charge is -2.34. The van der Waals surface area contributed by atoms with Gasteiger partial charge in [-0.25, -0.2) is 4.98 Å². The third-order valence-electron chi connectivity index (χ3n) is 6.23. The molecule has 0 N–H and O–H groups in total. The Morgan fingerprint density at radius 3 is 2.59 bits per heavy atom. The largest absolute Gasteiger partial charge is 0.573 e. The molecule has 37 heavy (non-hydrogen) atoms. The molecule has 2 aromatic heterocycles. The van der Waals surface area contributed by atoms with Gasteiger partial charge in [-0.05, 0) is 73.4 Å². The van der Waals surface area contributed by atoms with E-state index in [0.29, 0.717) is 30.8 Å². The van der Waals surface area contributed by atoms with Gasteiger partial charge in [-0.2, -0.15) is 0 Å². The van der Waals surface area contributed by atoms with Gasteiger partial charge < -0.3 is 14.4 Å². The number of hydrogen-bond donors (Lipinski definition) is 0. The number of alkyl halides is 3. The van der Waals surface area contributed by atoms with Crippen LogP contribution in [0.25, 0.3) is 21.5 Å². The van der Waals surface area contributed by atoms with Crippen molar-refractivity contribution >= 4 is 28.3 Å². The number of fused-ring (bicyclic) bond motifs is 1. The van der Waals surface area contributed by atoms with Gasteiger partial charge in [0.15, 0.2) is 0 Å². The van der Waals surface area contributed by atoms with E-state index in [1.807, 2.05) is 41.3 Å². The molecule has 3 heterocycles. The number of carbonyl (C=O) groups excluding carboxylic acids is 1. The monoisotopic (exact) mass is 527 g/mol. The molecule has 0 bridgehead atoms. The van der Waals surface area contributed by atoms with E-state index in [0.717, 1.165) is 33.7 Å². The van der Waals surface area contributed by atoms with Crippen molar-refractivity contribution in [2.45, 2.75) is 38.7 Å². The number of aryl methyl sites for hydroxylation is 1. The Kier molecular flexibility index (Phi) is 7.12. The van der Waals surface area contributed by atoms with Crippen molar-refractivity contribution in [3.63, 3.8) is 0 Å². The zero-order chi connectivity index (χ0) is 26.0. The fourth-order valence-electron chi connectivity index (χ4n) is 4.40. The van der Waals surface area contributed by atoms with E-state index >= 15 is 0 Å². The van der Waals surface area contributed by atoms with Crippen molar-refractivity contribution in [2.75, 3.05) is 13.2 Å². The number of rotatable bonds is 6. The first-order chi connectivity index (χ1) is 17.8. The molecule has 1 aliphatic rings. The summed E-state index contributed by atoms with van der Waals surface area (Å²) in [5.41, 5.74) is 2.85. The molecule has 0 aliphatic carbocycles. The highest BCUT2D eigenvalue weighted by Gasteiger charge is 2.32. The SMILES string of the molecule is Cc1cc(-c2ccc(CN(C(=O)c3cnc4ccccc4n3)C3CCOCC3)s2)ccc1OC(F)(F)F. The minimum absolute atomic E-state index is 0.00103. The second-order valence-electron chi connectivity index (χ2n) is 8.81. The number of ether oxygens (including phenoxy) is 2. The Labute approximate surface area is 215 Å². The standard InChI is InChI=1S/C27H24F3N3O3S/c1-17-14-18(6-8-24(17)36-27(28,29)30)25-9-7-20(37-25)16-33(19-10-12-35-13-11-19)26(34)23-15-31-21-4-2-3-5-22(21)32-23/h2-9,14-15,19H,10-13,16H2,1H3. The zero-order valence-corrected chi connectivity index (χ0v) is 20.8. The highest BCUT2D eigenvalue weighted by atomic mass is 32.1. The van der Waals surface area contributed by atoms with Gasteiger partial charge in [-0.3, -0.25) is 9.78 Å². The molecular weight excluding hydrogens is 503 g/mol. The van der Waals surface area contributed by atoms with Gasteiger partial charge in [-0.15, -0.1) is 24.5 Å². The number of amides is 1. The van der Waals surface area contributed by atoms with Gasteiger partial charge >= 0.3 is 6.36 Å². The number of benzene rings is 2. The number of halogens is 3. The maximum absolute atomic E-state index is 13.6. The molecule has 1 aliphatic heterocycles. The molecule has 2 aromatic carbocycles. The molecular formula is C27H24F3N3O3S. The van der Waals surface area contributed by atoms with Crippen LogP contribution in [0.3, 0.4) is 0 Å². The summed E-state index contributed by atoms with van der Waals surface area (Å²) >= 11 is 1.50. The second-order valence-corrected chi connectivity index (χ2v) is 9.98. The van der Waals surface area contributed by atoms with Crippen LogP contribution < -0.4 is 4.74 Å². The number of nitrogens with zero attached hydrogens (tertiary/aromatic N) is 3. The van der Waals surface area contributed by atoms with Crippen LogP contribution in [0, 0.1) is 6.92 Å². The maximum Gasteiger partial charge on any atom is 0.573 e. The van der Waals surface area contributed by atoms with Crippen LogP contribution in [-0.2, 0) is 11.3 Å². The Balaban J connectivity index is 1.39. The van der Waals surface area contributed by atoms with E-state index in [2.05, 4.69) is 14.7 Å². The zero-order valence-electron chi connectivity index (χ0n) is 20.0. The molecule has 192 valence electrons. The summed E-state index contributed by atoms with van der Waals surface area (Å²) in [7, 11) is 0. The number of carbonyl (C=O) groups is 1. The first kappa shape index (κ1) is 25.2. The Hall–Kier alpha value is -3.50. The summed E-state index contributed by atoms with van der Waals surface area (Å²) in [6, 6.07) is 15.9. The topological polar surface area (TPSA) is 64.6 Å². The summed E-state index contributed by atoms with van der Waals surface area (Å²) in [6.07, 6.45) is -1.77. The van der Waals surface area contributed by atoms with Crippen LogP contribution >= 0.6 is 11.3 Å². The normalized spacial score (nSPS) is 14.6. The molecule has 0 unspecified atom stereocenters. The van der Waals surface area contributed by atoms with Crippen LogP contribution in [0.15, 0.2) is 60.8 Å². The van der Waals surface area contributed by atoms with Gasteiger partial charge in [0, 0.05) is 29.0 Å². The first-order valence-electron chi connectivity index (χ1n) is 11.8. The molecule has 4 aromatic rings. The van der Waals surface area contributed by atoms with Crippen LogP contribution in [-0.4, -0.2) is 46.4 Å². The van der Waals surface area contributed by atoms with E-state index in [1.165, 1.54) is 23.6 Å². The number of aromatic nitrogens is 2. The summed E-state index contributed by atoms with van der Waals surface area (Å²) < 4.78 is 47.5. The number of thiophene rings is 1. The number of para-hydroxylation sites is 2. The minimum Gasteiger partial charge on any atom is -0.406 e. The Bertz CT molecular complexity index is 1420. The quantitative estimate of drug-likeness (QED) is 0.291. The van der Waals surface area contributed by atoms with Gasteiger partial charge in [0.25, 0.3) is 5.91 Å². The predicted octanol–water partition coefficient (Wildman–Crippen LogP) is 6.39. The average molecular weight is 528 g/mol. The molecule has 0 saturated carbocycles. The van der Waals surface area contributed by atoms with E-state index in [1.54, 1.807) is 19.1 Å². The Morgan fingerprint density at radius 2 is 1.86 bits per heavy atom. The van der Waals surface area contributed by atoms with Crippen molar-refractivity contribution in [3.8, 4) is 16.2 Å². The van der Waals surface area contributed by atoms with Crippen molar-refractivity contribution in [2.24, 2.45) is 0 Å². The van der Waals surface area contributed by atoms with E-state index in [9.17, 15) is 18.0 Å². The fraction of sp³-hybridized carbons (Fsp3) is 0.296. The van der Waals surface area contributed by atoms with Gasteiger partial charge in [0.2, 0.25) is 0 Å². The smallest absolute Gasteiger partial charge is 0.406 e. The third kappa shape index (κ3) is 5.91. The van der Waals surface area contributed by atoms with Gasteiger partial charge in [-0.1, -0.05) is 12.1 Å². The van der Waals surface area contributed by atoms with Gasteiger partial charge in [0.05, 0.1) is 23.8 Å². The summed E-state index contributed by atoms with van der Waals surface area (Å²) in [5, 5.41) is 0. The third-order valence-corrected chi connectivity index (χ3v) is 7.35. The second kappa shape index (κ2) is 10.5. The van der Waals surface area contributed by atoms with Crippen LogP contribution in [0.2, 0.25) is 0 Å².